The van der Waals surface area contributed by atoms with Crippen LogP contribution in [0, 0.1) is 5.92 Å². The summed E-state index contributed by atoms with van der Waals surface area (Å²) in [6.07, 6.45) is 1.22. The van der Waals surface area contributed by atoms with Crippen LogP contribution in [0.1, 0.15) is 12.0 Å². The summed E-state index contributed by atoms with van der Waals surface area (Å²) in [5.41, 5.74) is 1.39. The van der Waals surface area contributed by atoms with E-state index in [9.17, 15) is 0 Å². The highest BCUT2D eigenvalue weighted by atomic mass is 32.1. The Morgan fingerprint density at radius 2 is 1.81 bits per heavy atom. The van der Waals surface area contributed by atoms with Gasteiger partial charge in [-0.05, 0) is 42.8 Å². The van der Waals surface area contributed by atoms with Crippen molar-refractivity contribution in [3.63, 3.8) is 0 Å². The van der Waals surface area contributed by atoms with Crippen LogP contribution in [0.2, 0.25) is 0 Å². The van der Waals surface area contributed by atoms with Crippen LogP contribution >= 0.6 is 12.6 Å². The fourth-order valence-corrected chi connectivity index (χ4v) is 2.94. The second-order valence-corrected chi connectivity index (χ2v) is 6.20. The van der Waals surface area contributed by atoms with E-state index in [1.54, 1.807) is 0 Å². The van der Waals surface area contributed by atoms with Crippen molar-refractivity contribution in [3.05, 3.63) is 60.2 Å². The van der Waals surface area contributed by atoms with Crippen LogP contribution in [0.3, 0.4) is 0 Å². The molecular formula is C18H21NOS. The Morgan fingerprint density at radius 3 is 2.57 bits per heavy atom. The molecule has 0 amide bonds. The lowest BCUT2D eigenvalue weighted by molar-refractivity contribution is 0.238. The molecule has 3 rings (SSSR count). The molecule has 1 saturated heterocycles. The lowest BCUT2D eigenvalue weighted by atomic mass is 10.1. The number of rotatable bonds is 5. The lowest BCUT2D eigenvalue weighted by Gasteiger charge is -2.16. The van der Waals surface area contributed by atoms with E-state index in [-0.39, 0.29) is 0 Å². The minimum Gasteiger partial charge on any atom is -0.493 e. The van der Waals surface area contributed by atoms with E-state index in [4.69, 9.17) is 4.74 Å². The van der Waals surface area contributed by atoms with Crippen molar-refractivity contribution >= 4 is 12.6 Å². The highest BCUT2D eigenvalue weighted by Crippen LogP contribution is 2.21. The lowest BCUT2D eigenvalue weighted by Crippen LogP contribution is -2.22. The summed E-state index contributed by atoms with van der Waals surface area (Å²) in [7, 11) is 0. The normalized spacial score (nSPS) is 18.8. The van der Waals surface area contributed by atoms with Gasteiger partial charge in [0.2, 0.25) is 0 Å². The van der Waals surface area contributed by atoms with Gasteiger partial charge in [0.05, 0.1) is 6.61 Å². The van der Waals surface area contributed by atoms with Gasteiger partial charge in [-0.2, -0.15) is 0 Å². The van der Waals surface area contributed by atoms with Crippen molar-refractivity contribution < 1.29 is 4.74 Å². The molecule has 3 heteroatoms. The fourth-order valence-electron chi connectivity index (χ4n) is 2.79. The van der Waals surface area contributed by atoms with Crippen molar-refractivity contribution in [1.29, 1.82) is 0 Å². The molecule has 1 atom stereocenters. The second-order valence-electron chi connectivity index (χ2n) is 5.68. The predicted octanol–water partition coefficient (Wildman–Crippen LogP) is 3.88. The molecule has 1 aliphatic heterocycles. The molecule has 1 aliphatic rings. The van der Waals surface area contributed by atoms with E-state index in [2.05, 4.69) is 47.9 Å². The Balaban J connectivity index is 1.45. The largest absolute Gasteiger partial charge is 0.493 e. The molecule has 0 aliphatic carbocycles. The van der Waals surface area contributed by atoms with Crippen molar-refractivity contribution in [1.82, 2.24) is 4.90 Å². The van der Waals surface area contributed by atoms with Crippen molar-refractivity contribution in [2.45, 2.75) is 17.9 Å². The average molecular weight is 299 g/mol. The molecule has 0 aromatic heterocycles. The van der Waals surface area contributed by atoms with E-state index in [0.29, 0.717) is 5.92 Å². The summed E-state index contributed by atoms with van der Waals surface area (Å²) >= 11 is 4.28. The summed E-state index contributed by atoms with van der Waals surface area (Å²) in [6.45, 7) is 4.14. The molecule has 0 N–H and O–H groups in total. The second kappa shape index (κ2) is 7.01. The van der Waals surface area contributed by atoms with Gasteiger partial charge in [-0.15, -0.1) is 12.6 Å². The zero-order valence-corrected chi connectivity index (χ0v) is 13.0. The number of hydrogen-bond donors (Lipinski definition) is 1. The first-order chi connectivity index (χ1) is 10.3. The average Bonchev–Trinajstić information content (AvgIpc) is 2.95. The Hall–Kier alpha value is -1.45. The highest BCUT2D eigenvalue weighted by Gasteiger charge is 2.22. The first-order valence-corrected chi connectivity index (χ1v) is 7.92. The topological polar surface area (TPSA) is 12.5 Å². The zero-order valence-electron chi connectivity index (χ0n) is 12.1. The summed E-state index contributed by atoms with van der Waals surface area (Å²) in [4.78, 5) is 3.48. The van der Waals surface area contributed by atoms with Crippen molar-refractivity contribution in [2.75, 3.05) is 19.7 Å². The van der Waals surface area contributed by atoms with Gasteiger partial charge < -0.3 is 4.74 Å². The molecule has 21 heavy (non-hydrogen) atoms. The minimum absolute atomic E-state index is 0.629. The highest BCUT2D eigenvalue weighted by molar-refractivity contribution is 7.80. The molecule has 0 saturated carbocycles. The Kier molecular flexibility index (Phi) is 4.84. The fraction of sp³-hybridized carbons (Fsp3) is 0.333. The van der Waals surface area contributed by atoms with Gasteiger partial charge in [-0.25, -0.2) is 0 Å². The first-order valence-electron chi connectivity index (χ1n) is 7.48. The summed E-state index contributed by atoms with van der Waals surface area (Å²) < 4.78 is 5.88. The van der Waals surface area contributed by atoms with Crippen LogP contribution in [-0.4, -0.2) is 24.6 Å². The third-order valence-electron chi connectivity index (χ3n) is 3.94. The molecule has 0 radical (unpaired) electrons. The number of hydrogen-bond acceptors (Lipinski definition) is 3. The summed E-state index contributed by atoms with van der Waals surface area (Å²) in [5, 5.41) is 0. The molecule has 1 fully saturated rings. The molecule has 1 unspecified atom stereocenters. The number of ether oxygens (including phenoxy) is 1. The zero-order chi connectivity index (χ0) is 14.5. The first kappa shape index (κ1) is 14.5. The van der Waals surface area contributed by atoms with Gasteiger partial charge >= 0.3 is 0 Å². The third kappa shape index (κ3) is 4.26. The number of thiol groups is 1. The van der Waals surface area contributed by atoms with Gasteiger partial charge in [-0.1, -0.05) is 30.3 Å². The van der Waals surface area contributed by atoms with Gasteiger partial charge in [0.1, 0.15) is 5.75 Å². The van der Waals surface area contributed by atoms with E-state index in [1.165, 1.54) is 18.5 Å². The van der Waals surface area contributed by atoms with E-state index >= 15 is 0 Å². The molecule has 2 aromatic rings. The van der Waals surface area contributed by atoms with Crippen LogP contribution < -0.4 is 4.74 Å². The summed E-state index contributed by atoms with van der Waals surface area (Å²) in [6, 6.07) is 18.6. The standard InChI is InChI=1S/C18H21NOS/c21-18-8-6-17(7-9-18)20-14-16-10-11-19(13-16)12-15-4-2-1-3-5-15/h1-9,16,21H,10-14H2. The predicted molar refractivity (Wildman–Crippen MR) is 89.0 cm³/mol. The van der Waals surface area contributed by atoms with Crippen LogP contribution in [-0.2, 0) is 6.54 Å². The molecule has 0 spiro atoms. The molecular weight excluding hydrogens is 278 g/mol. The third-order valence-corrected chi connectivity index (χ3v) is 4.24. The van der Waals surface area contributed by atoms with E-state index < -0.39 is 0 Å². The van der Waals surface area contributed by atoms with Crippen LogP contribution in [0.4, 0.5) is 0 Å². The molecule has 0 bridgehead atoms. The minimum atomic E-state index is 0.629. The smallest absolute Gasteiger partial charge is 0.119 e. The molecule has 110 valence electrons. The number of likely N-dealkylation sites (tertiary alicyclic amines) is 1. The Labute approximate surface area is 132 Å². The number of nitrogens with zero attached hydrogens (tertiary/aromatic N) is 1. The molecule has 2 nitrogen and oxygen atoms in total. The van der Waals surface area contributed by atoms with E-state index in [0.717, 1.165) is 30.3 Å². The molecule has 2 aromatic carbocycles. The summed E-state index contributed by atoms with van der Waals surface area (Å²) in [5.74, 6) is 1.57. The van der Waals surface area contributed by atoms with Gasteiger partial charge in [0, 0.05) is 23.9 Å². The van der Waals surface area contributed by atoms with Gasteiger partial charge in [0.25, 0.3) is 0 Å². The Bertz CT molecular complexity index is 555. The van der Waals surface area contributed by atoms with Crippen LogP contribution in [0.25, 0.3) is 0 Å². The number of benzene rings is 2. The van der Waals surface area contributed by atoms with Crippen LogP contribution in [0.15, 0.2) is 59.5 Å². The van der Waals surface area contributed by atoms with E-state index in [1.807, 2.05) is 24.3 Å². The van der Waals surface area contributed by atoms with Crippen molar-refractivity contribution in [3.8, 4) is 5.75 Å². The maximum absolute atomic E-state index is 5.88. The Morgan fingerprint density at radius 1 is 1.05 bits per heavy atom. The van der Waals surface area contributed by atoms with Crippen molar-refractivity contribution in [2.24, 2.45) is 5.92 Å². The quantitative estimate of drug-likeness (QED) is 0.841. The van der Waals surface area contributed by atoms with Crippen LogP contribution in [0.5, 0.6) is 5.75 Å². The maximum Gasteiger partial charge on any atom is 0.119 e. The van der Waals surface area contributed by atoms with Gasteiger partial charge in [0.15, 0.2) is 0 Å². The molecule has 1 heterocycles. The SMILES string of the molecule is Sc1ccc(OCC2CCN(Cc3ccccc3)C2)cc1. The maximum atomic E-state index is 5.88. The van der Waals surface area contributed by atoms with Gasteiger partial charge in [-0.3, -0.25) is 4.90 Å². The monoisotopic (exact) mass is 299 g/mol.